The minimum atomic E-state index is -1.20. The lowest BCUT2D eigenvalue weighted by Gasteiger charge is -2.18. The van der Waals surface area contributed by atoms with Crippen LogP contribution in [0.2, 0.25) is 0 Å². The zero-order valence-electron chi connectivity index (χ0n) is 6.10. The van der Waals surface area contributed by atoms with Crippen LogP contribution < -0.4 is 0 Å². The van der Waals surface area contributed by atoms with E-state index in [1.165, 1.54) is 12.3 Å². The summed E-state index contributed by atoms with van der Waals surface area (Å²) in [4.78, 5) is 0.375. The normalized spacial score (nSPS) is 33.2. The summed E-state index contributed by atoms with van der Waals surface area (Å²) in [6.07, 6.45) is 4.16. The van der Waals surface area contributed by atoms with Crippen molar-refractivity contribution in [2.75, 3.05) is 6.26 Å². The van der Waals surface area contributed by atoms with Gasteiger partial charge in [-0.05, 0) is 6.08 Å². The maximum absolute atomic E-state index is 10.9. The van der Waals surface area contributed by atoms with Crippen LogP contribution in [-0.4, -0.2) is 32.9 Å². The first-order chi connectivity index (χ1) is 5.13. The molecule has 3 atom stereocenters. The first kappa shape index (κ1) is 8.64. The summed E-state index contributed by atoms with van der Waals surface area (Å²) in [5.41, 5.74) is 0. The van der Waals surface area contributed by atoms with Gasteiger partial charge in [0.25, 0.3) is 0 Å². The Morgan fingerprint density at radius 2 is 2.18 bits per heavy atom. The van der Waals surface area contributed by atoms with Crippen LogP contribution in [0.4, 0.5) is 0 Å². The Morgan fingerprint density at radius 1 is 1.55 bits per heavy atom. The van der Waals surface area contributed by atoms with Crippen LogP contribution in [0.15, 0.2) is 23.1 Å². The standard InChI is InChI=1S/C7H10O3S/c1-11(10)6-4-2-3-5(8)7(6)9/h2-5,7-9H,1H3/t5-,7-,11-/m0/s1. The fourth-order valence-electron chi connectivity index (χ4n) is 0.902. The summed E-state index contributed by atoms with van der Waals surface area (Å²) >= 11 is 0. The maximum atomic E-state index is 10.9. The first-order valence-electron chi connectivity index (χ1n) is 3.21. The molecule has 0 saturated heterocycles. The topological polar surface area (TPSA) is 57.5 Å². The summed E-state index contributed by atoms with van der Waals surface area (Å²) in [5, 5.41) is 18.3. The Labute approximate surface area is 67.5 Å². The largest absolute Gasteiger partial charge is 0.386 e. The summed E-state index contributed by atoms with van der Waals surface area (Å²) in [5.74, 6) is 0. The van der Waals surface area contributed by atoms with Crippen molar-refractivity contribution in [2.45, 2.75) is 12.2 Å². The van der Waals surface area contributed by atoms with Crippen LogP contribution in [0.25, 0.3) is 0 Å². The minimum absolute atomic E-state index is 0.375. The van der Waals surface area contributed by atoms with E-state index in [4.69, 9.17) is 5.11 Å². The van der Waals surface area contributed by atoms with Crippen LogP contribution in [0.3, 0.4) is 0 Å². The fourth-order valence-corrected chi connectivity index (χ4v) is 1.65. The number of hydrogen-bond donors (Lipinski definition) is 2. The van der Waals surface area contributed by atoms with Gasteiger partial charge >= 0.3 is 0 Å². The van der Waals surface area contributed by atoms with Gasteiger partial charge in [-0.2, -0.15) is 0 Å². The van der Waals surface area contributed by atoms with Crippen molar-refractivity contribution < 1.29 is 14.4 Å². The van der Waals surface area contributed by atoms with Crippen LogP contribution >= 0.6 is 0 Å². The molecule has 0 aromatic carbocycles. The van der Waals surface area contributed by atoms with Crippen molar-refractivity contribution in [3.63, 3.8) is 0 Å². The third-order valence-electron chi connectivity index (χ3n) is 1.52. The van der Waals surface area contributed by atoms with Gasteiger partial charge in [0, 0.05) is 22.0 Å². The molecule has 0 bridgehead atoms. The van der Waals surface area contributed by atoms with Gasteiger partial charge in [-0.25, -0.2) is 0 Å². The molecule has 0 spiro atoms. The second-order valence-corrected chi connectivity index (χ2v) is 3.72. The molecule has 0 amide bonds. The van der Waals surface area contributed by atoms with E-state index in [1.54, 1.807) is 12.2 Å². The molecule has 2 N–H and O–H groups in total. The SMILES string of the molecule is C[S@](=O)C1=CC=C[C@H](O)[C@@H]1O. The van der Waals surface area contributed by atoms with Crippen molar-refractivity contribution in [1.82, 2.24) is 0 Å². The number of rotatable bonds is 1. The van der Waals surface area contributed by atoms with Crippen molar-refractivity contribution in [3.8, 4) is 0 Å². The molecule has 1 rings (SSSR count). The van der Waals surface area contributed by atoms with Gasteiger partial charge in [0.15, 0.2) is 0 Å². The van der Waals surface area contributed by atoms with Gasteiger partial charge in [-0.1, -0.05) is 12.2 Å². The molecule has 4 heteroatoms. The van der Waals surface area contributed by atoms with Gasteiger partial charge in [-0.3, -0.25) is 4.21 Å². The molecule has 0 aromatic rings. The molecule has 0 saturated carbocycles. The van der Waals surface area contributed by atoms with E-state index < -0.39 is 23.0 Å². The monoisotopic (exact) mass is 174 g/mol. The number of allylic oxidation sites excluding steroid dienone is 2. The number of aliphatic hydroxyl groups is 2. The predicted octanol–water partition coefficient (Wildman–Crippen LogP) is -0.460. The smallest absolute Gasteiger partial charge is 0.117 e. The summed E-state index contributed by atoms with van der Waals surface area (Å²) < 4.78 is 10.9. The Bertz CT molecular complexity index is 232. The third-order valence-corrected chi connectivity index (χ3v) is 2.56. The predicted molar refractivity (Wildman–Crippen MR) is 43.3 cm³/mol. The molecule has 1 aliphatic rings. The van der Waals surface area contributed by atoms with E-state index in [2.05, 4.69) is 0 Å². The van der Waals surface area contributed by atoms with E-state index in [0.29, 0.717) is 4.91 Å². The molecule has 62 valence electrons. The van der Waals surface area contributed by atoms with Crippen molar-refractivity contribution in [2.24, 2.45) is 0 Å². The Kier molecular flexibility index (Phi) is 2.59. The highest BCUT2D eigenvalue weighted by Gasteiger charge is 2.22. The van der Waals surface area contributed by atoms with Crippen LogP contribution in [-0.2, 0) is 10.8 Å². The van der Waals surface area contributed by atoms with Gasteiger partial charge in [0.1, 0.15) is 12.2 Å². The van der Waals surface area contributed by atoms with Gasteiger partial charge in [0.2, 0.25) is 0 Å². The van der Waals surface area contributed by atoms with Gasteiger partial charge in [0.05, 0.1) is 0 Å². The molecule has 11 heavy (non-hydrogen) atoms. The third kappa shape index (κ3) is 1.77. The Morgan fingerprint density at radius 3 is 2.64 bits per heavy atom. The highest BCUT2D eigenvalue weighted by atomic mass is 32.2. The van der Waals surface area contributed by atoms with E-state index in [1.807, 2.05) is 0 Å². The highest BCUT2D eigenvalue weighted by Crippen LogP contribution is 2.15. The minimum Gasteiger partial charge on any atom is -0.386 e. The molecule has 0 radical (unpaired) electrons. The lowest BCUT2D eigenvalue weighted by Crippen LogP contribution is -2.29. The summed E-state index contributed by atoms with van der Waals surface area (Å²) in [7, 11) is -1.20. The van der Waals surface area contributed by atoms with Gasteiger partial charge in [-0.15, -0.1) is 0 Å². The van der Waals surface area contributed by atoms with E-state index in [0.717, 1.165) is 0 Å². The molecule has 1 aliphatic carbocycles. The molecule has 3 nitrogen and oxygen atoms in total. The quantitative estimate of drug-likeness (QED) is 0.565. The number of aliphatic hydroxyl groups excluding tert-OH is 2. The Balaban J connectivity index is 2.87. The average Bonchev–Trinajstić information content (AvgIpc) is 1.94. The fraction of sp³-hybridized carbons (Fsp3) is 0.429. The van der Waals surface area contributed by atoms with E-state index in [9.17, 15) is 9.32 Å². The van der Waals surface area contributed by atoms with E-state index >= 15 is 0 Å². The zero-order valence-corrected chi connectivity index (χ0v) is 6.91. The van der Waals surface area contributed by atoms with E-state index in [-0.39, 0.29) is 0 Å². The average molecular weight is 174 g/mol. The van der Waals surface area contributed by atoms with Crippen molar-refractivity contribution >= 4 is 10.8 Å². The molecular weight excluding hydrogens is 164 g/mol. The molecule has 0 fully saturated rings. The Hall–Kier alpha value is -0.450. The van der Waals surface area contributed by atoms with Crippen molar-refractivity contribution in [1.29, 1.82) is 0 Å². The molecule has 0 aromatic heterocycles. The zero-order chi connectivity index (χ0) is 8.43. The number of hydrogen-bond acceptors (Lipinski definition) is 3. The highest BCUT2D eigenvalue weighted by molar-refractivity contribution is 7.88. The second kappa shape index (κ2) is 3.30. The molecule has 0 unspecified atom stereocenters. The van der Waals surface area contributed by atoms with Crippen LogP contribution in [0.5, 0.6) is 0 Å². The van der Waals surface area contributed by atoms with Crippen molar-refractivity contribution in [3.05, 3.63) is 23.1 Å². The molecule has 0 heterocycles. The molecule has 0 aliphatic heterocycles. The first-order valence-corrected chi connectivity index (χ1v) is 4.76. The molecular formula is C7H10O3S. The summed E-state index contributed by atoms with van der Waals surface area (Å²) in [6, 6.07) is 0. The lowest BCUT2D eigenvalue weighted by atomic mass is 10.1. The van der Waals surface area contributed by atoms with Crippen LogP contribution in [0, 0.1) is 0 Å². The van der Waals surface area contributed by atoms with Crippen LogP contribution in [0.1, 0.15) is 0 Å². The lowest BCUT2D eigenvalue weighted by molar-refractivity contribution is 0.0766. The summed E-state index contributed by atoms with van der Waals surface area (Å²) in [6.45, 7) is 0. The maximum Gasteiger partial charge on any atom is 0.117 e. The second-order valence-electron chi connectivity index (χ2n) is 2.34. The van der Waals surface area contributed by atoms with Gasteiger partial charge < -0.3 is 10.2 Å².